The van der Waals surface area contributed by atoms with Gasteiger partial charge in [-0.05, 0) is 50.5 Å². The normalized spacial score (nSPS) is 10.5. The fourth-order valence-electron chi connectivity index (χ4n) is 2.78. The van der Waals surface area contributed by atoms with Crippen molar-refractivity contribution in [2.75, 3.05) is 19.0 Å². The van der Waals surface area contributed by atoms with E-state index < -0.39 is 0 Å². The van der Waals surface area contributed by atoms with Crippen LogP contribution in [0.2, 0.25) is 0 Å². The van der Waals surface area contributed by atoms with Crippen LogP contribution in [0.5, 0.6) is 5.75 Å². The van der Waals surface area contributed by atoms with Gasteiger partial charge in [-0.2, -0.15) is 0 Å². The van der Waals surface area contributed by atoms with E-state index in [1.807, 2.05) is 31.2 Å². The van der Waals surface area contributed by atoms with Gasteiger partial charge in [-0.1, -0.05) is 12.1 Å². The quantitative estimate of drug-likeness (QED) is 0.526. The highest BCUT2D eigenvalue weighted by atomic mass is 32.1. The third kappa shape index (κ3) is 5.29. The average molecular weight is 397 g/mol. The zero-order valence-electron chi connectivity index (χ0n) is 16.1. The van der Waals surface area contributed by atoms with Gasteiger partial charge >= 0.3 is 0 Å². The maximum absolute atomic E-state index is 12.6. The number of carbonyl (C=O) groups is 1. The van der Waals surface area contributed by atoms with Gasteiger partial charge in [0, 0.05) is 23.8 Å². The highest BCUT2D eigenvalue weighted by molar-refractivity contribution is 7.09. The zero-order chi connectivity index (χ0) is 19.8. The highest BCUT2D eigenvalue weighted by Gasteiger charge is 2.13. The van der Waals surface area contributed by atoms with Crippen molar-refractivity contribution in [3.05, 3.63) is 64.2 Å². The number of thiazole rings is 1. The van der Waals surface area contributed by atoms with E-state index in [0.717, 1.165) is 35.7 Å². The molecule has 0 saturated heterocycles. The van der Waals surface area contributed by atoms with Crippen molar-refractivity contribution < 1.29 is 9.53 Å². The van der Waals surface area contributed by atoms with Crippen LogP contribution in [0.4, 0.5) is 11.5 Å². The summed E-state index contributed by atoms with van der Waals surface area (Å²) in [4.78, 5) is 21.4. The first-order valence-corrected chi connectivity index (χ1v) is 10.1. The van der Waals surface area contributed by atoms with E-state index in [-0.39, 0.29) is 5.91 Å². The molecule has 0 fully saturated rings. The van der Waals surface area contributed by atoms with Gasteiger partial charge in [0.2, 0.25) is 0 Å². The number of amides is 1. The van der Waals surface area contributed by atoms with Crippen LogP contribution in [-0.2, 0) is 6.42 Å². The number of benzene rings is 1. The predicted molar refractivity (Wildman–Crippen MR) is 113 cm³/mol. The molecule has 2 aromatic heterocycles. The van der Waals surface area contributed by atoms with Gasteiger partial charge < -0.3 is 15.4 Å². The van der Waals surface area contributed by atoms with E-state index in [1.165, 1.54) is 0 Å². The SMILES string of the molecule is COc1ccccc1Nc1ncccc1C(=O)NCCCCc1nc(C)cs1. The second-order valence-electron chi connectivity index (χ2n) is 6.32. The number of carbonyl (C=O) groups excluding carboxylic acids is 1. The number of hydrogen-bond acceptors (Lipinski definition) is 6. The molecule has 146 valence electrons. The Balaban J connectivity index is 1.55. The largest absolute Gasteiger partial charge is 0.495 e. The van der Waals surface area contributed by atoms with Crippen molar-refractivity contribution in [3.8, 4) is 5.75 Å². The van der Waals surface area contributed by atoms with Gasteiger partial charge in [-0.3, -0.25) is 4.79 Å². The third-order valence-corrected chi connectivity index (χ3v) is 5.21. The Kier molecular flexibility index (Phi) is 6.97. The molecule has 28 heavy (non-hydrogen) atoms. The van der Waals surface area contributed by atoms with Crippen LogP contribution in [-0.4, -0.2) is 29.5 Å². The minimum atomic E-state index is -0.143. The number of nitrogens with one attached hydrogen (secondary N) is 2. The summed E-state index contributed by atoms with van der Waals surface area (Å²) in [6.07, 6.45) is 4.50. The number of aromatic nitrogens is 2. The Labute approximate surface area is 169 Å². The smallest absolute Gasteiger partial charge is 0.255 e. The molecule has 1 amide bonds. The summed E-state index contributed by atoms with van der Waals surface area (Å²) in [6, 6.07) is 11.1. The van der Waals surface area contributed by atoms with E-state index in [4.69, 9.17) is 4.74 Å². The summed E-state index contributed by atoms with van der Waals surface area (Å²) >= 11 is 1.69. The molecule has 1 aromatic carbocycles. The summed E-state index contributed by atoms with van der Waals surface area (Å²) in [5.74, 6) is 1.05. The van der Waals surface area contributed by atoms with Crippen LogP contribution in [0.3, 0.4) is 0 Å². The van der Waals surface area contributed by atoms with E-state index in [0.29, 0.717) is 23.7 Å². The lowest BCUT2D eigenvalue weighted by atomic mass is 10.2. The number of unbranched alkanes of at least 4 members (excludes halogenated alkanes) is 1. The molecule has 0 unspecified atom stereocenters. The molecule has 3 rings (SSSR count). The van der Waals surface area contributed by atoms with Crippen LogP contribution >= 0.6 is 11.3 Å². The first-order chi connectivity index (χ1) is 13.7. The number of ether oxygens (including phenoxy) is 1. The lowest BCUT2D eigenvalue weighted by Gasteiger charge is -2.13. The summed E-state index contributed by atoms with van der Waals surface area (Å²) in [5.41, 5.74) is 2.33. The molecular formula is C21H24N4O2S. The minimum absolute atomic E-state index is 0.143. The number of rotatable bonds is 9. The molecule has 3 aromatic rings. The van der Waals surface area contributed by atoms with Crippen LogP contribution in [0.25, 0.3) is 0 Å². The van der Waals surface area contributed by atoms with Crippen LogP contribution < -0.4 is 15.4 Å². The number of hydrogen-bond donors (Lipinski definition) is 2. The summed E-state index contributed by atoms with van der Waals surface area (Å²) < 4.78 is 5.35. The van der Waals surface area contributed by atoms with Crippen molar-refractivity contribution in [2.45, 2.75) is 26.2 Å². The molecule has 6 nitrogen and oxygen atoms in total. The molecule has 0 bridgehead atoms. The van der Waals surface area contributed by atoms with Crippen molar-refractivity contribution in [1.29, 1.82) is 0 Å². The van der Waals surface area contributed by atoms with Gasteiger partial charge in [0.1, 0.15) is 11.6 Å². The lowest BCUT2D eigenvalue weighted by Crippen LogP contribution is -2.25. The van der Waals surface area contributed by atoms with Crippen molar-refractivity contribution in [1.82, 2.24) is 15.3 Å². The summed E-state index contributed by atoms with van der Waals surface area (Å²) in [5, 5.41) is 9.39. The van der Waals surface area contributed by atoms with Gasteiger partial charge in [-0.25, -0.2) is 9.97 Å². The predicted octanol–water partition coefficient (Wildman–Crippen LogP) is 4.35. The molecule has 0 spiro atoms. The van der Waals surface area contributed by atoms with Crippen molar-refractivity contribution in [2.24, 2.45) is 0 Å². The van der Waals surface area contributed by atoms with Gasteiger partial charge in [0.05, 0.1) is 23.4 Å². The number of anilines is 2. The first-order valence-electron chi connectivity index (χ1n) is 9.21. The third-order valence-electron chi connectivity index (χ3n) is 4.18. The van der Waals surface area contributed by atoms with Gasteiger partial charge in [-0.15, -0.1) is 11.3 Å². The highest BCUT2D eigenvalue weighted by Crippen LogP contribution is 2.27. The fourth-order valence-corrected chi connectivity index (χ4v) is 3.60. The second-order valence-corrected chi connectivity index (χ2v) is 7.26. The van der Waals surface area contributed by atoms with Crippen molar-refractivity contribution >= 4 is 28.7 Å². The van der Waals surface area contributed by atoms with Gasteiger partial charge in [0.25, 0.3) is 5.91 Å². The maximum atomic E-state index is 12.6. The number of para-hydroxylation sites is 2. The standard InChI is InChI=1S/C21H24N4O2S/c1-15-14-28-19(24-15)11-5-6-12-23-21(26)16-8-7-13-22-20(16)25-17-9-3-4-10-18(17)27-2/h3-4,7-10,13-14H,5-6,11-12H2,1-2H3,(H,22,25)(H,23,26). The molecule has 0 saturated carbocycles. The Morgan fingerprint density at radius 1 is 1.18 bits per heavy atom. The molecule has 0 aliphatic carbocycles. The topological polar surface area (TPSA) is 76.1 Å². The Bertz CT molecular complexity index is 926. The van der Waals surface area contributed by atoms with E-state index >= 15 is 0 Å². The Morgan fingerprint density at radius 3 is 2.82 bits per heavy atom. The molecule has 2 N–H and O–H groups in total. The van der Waals surface area contributed by atoms with Crippen LogP contribution in [0, 0.1) is 6.92 Å². The van der Waals surface area contributed by atoms with E-state index in [1.54, 1.807) is 36.8 Å². The van der Waals surface area contributed by atoms with Crippen molar-refractivity contribution in [3.63, 3.8) is 0 Å². The van der Waals surface area contributed by atoms with Crippen LogP contribution in [0.1, 0.15) is 33.9 Å². The zero-order valence-corrected chi connectivity index (χ0v) is 16.9. The molecule has 2 heterocycles. The number of pyridine rings is 1. The fraction of sp³-hybridized carbons (Fsp3) is 0.286. The van der Waals surface area contributed by atoms with Crippen LogP contribution in [0.15, 0.2) is 48.0 Å². The molecular weight excluding hydrogens is 372 g/mol. The Hall–Kier alpha value is -2.93. The first kappa shape index (κ1) is 19.8. The monoisotopic (exact) mass is 396 g/mol. The van der Waals surface area contributed by atoms with Gasteiger partial charge in [0.15, 0.2) is 0 Å². The lowest BCUT2D eigenvalue weighted by molar-refractivity contribution is 0.0953. The average Bonchev–Trinajstić information content (AvgIpc) is 3.13. The molecule has 0 aliphatic heterocycles. The summed E-state index contributed by atoms with van der Waals surface area (Å²) in [7, 11) is 1.61. The summed E-state index contributed by atoms with van der Waals surface area (Å²) in [6.45, 7) is 2.62. The number of nitrogens with zero attached hydrogens (tertiary/aromatic N) is 2. The van der Waals surface area contributed by atoms with E-state index in [9.17, 15) is 4.79 Å². The molecule has 0 atom stereocenters. The molecule has 0 radical (unpaired) electrons. The number of aryl methyl sites for hydroxylation is 2. The minimum Gasteiger partial charge on any atom is -0.495 e. The Morgan fingerprint density at radius 2 is 2.04 bits per heavy atom. The van der Waals surface area contributed by atoms with E-state index in [2.05, 4.69) is 26.0 Å². The number of methoxy groups -OCH3 is 1. The molecule has 0 aliphatic rings. The molecule has 7 heteroatoms. The maximum Gasteiger partial charge on any atom is 0.255 e. The second kappa shape index (κ2) is 9.85.